The van der Waals surface area contributed by atoms with Crippen LogP contribution in [0.15, 0.2) is 60.9 Å². The Bertz CT molecular complexity index is 1100. The van der Waals surface area contributed by atoms with E-state index in [9.17, 15) is 9.59 Å². The van der Waals surface area contributed by atoms with Crippen LogP contribution in [0, 0.1) is 6.92 Å². The number of anilines is 1. The molecule has 0 bridgehead atoms. The Morgan fingerprint density at radius 3 is 2.53 bits per heavy atom. The first kappa shape index (κ1) is 22.8. The van der Waals surface area contributed by atoms with Crippen molar-refractivity contribution in [3.8, 4) is 11.5 Å². The maximum atomic E-state index is 12.3. The van der Waals surface area contributed by atoms with Gasteiger partial charge in [0.2, 0.25) is 0 Å². The van der Waals surface area contributed by atoms with Gasteiger partial charge in [-0.25, -0.2) is 0 Å². The molecule has 2 aromatic carbocycles. The predicted molar refractivity (Wildman–Crippen MR) is 124 cm³/mol. The molecule has 0 spiro atoms. The number of carbonyl (C=O) groups excluding carboxylic acids is 2. The van der Waals surface area contributed by atoms with Crippen molar-refractivity contribution >= 4 is 23.5 Å². The second-order valence-corrected chi connectivity index (χ2v) is 7.12. The van der Waals surface area contributed by atoms with Gasteiger partial charge < -0.3 is 14.8 Å². The van der Waals surface area contributed by atoms with Crippen LogP contribution in [-0.2, 0) is 11.3 Å². The van der Waals surface area contributed by atoms with Crippen LogP contribution in [-0.4, -0.2) is 34.7 Å². The Hall–Kier alpha value is -3.87. The van der Waals surface area contributed by atoms with Crippen molar-refractivity contribution < 1.29 is 19.1 Å². The second kappa shape index (κ2) is 10.9. The number of nitrogens with one attached hydrogen (secondary N) is 1. The summed E-state index contributed by atoms with van der Waals surface area (Å²) in [5, 5.41) is 6.91. The number of amides is 1. The highest BCUT2D eigenvalue weighted by molar-refractivity contribution is 6.06. The highest BCUT2D eigenvalue weighted by Gasteiger charge is 2.10. The van der Waals surface area contributed by atoms with E-state index in [1.54, 1.807) is 41.4 Å². The molecule has 3 aromatic rings. The highest BCUT2D eigenvalue weighted by Crippen LogP contribution is 2.29. The van der Waals surface area contributed by atoms with E-state index in [-0.39, 0.29) is 18.3 Å². The average molecular weight is 434 g/mol. The van der Waals surface area contributed by atoms with Crippen LogP contribution < -0.4 is 14.8 Å². The van der Waals surface area contributed by atoms with Gasteiger partial charge in [-0.1, -0.05) is 29.8 Å². The lowest BCUT2D eigenvalue weighted by atomic mass is 10.1. The zero-order valence-corrected chi connectivity index (χ0v) is 18.5. The first-order chi connectivity index (χ1) is 15.5. The van der Waals surface area contributed by atoms with Gasteiger partial charge in [0.25, 0.3) is 5.91 Å². The number of ketones is 1. The van der Waals surface area contributed by atoms with Crippen molar-refractivity contribution in [3.63, 3.8) is 0 Å². The van der Waals surface area contributed by atoms with E-state index in [0.29, 0.717) is 35.9 Å². The van der Waals surface area contributed by atoms with Gasteiger partial charge >= 0.3 is 0 Å². The standard InChI is InChI=1S/C25H27N3O4/c1-4-28-16-20(15-26-28)22(29)12-8-19-9-13-23(24(14-19)31-5-2)32-17-25(30)27-21-10-6-18(3)7-11-21/h6-16H,4-5,17H2,1-3H3,(H,27,30)/b12-8+. The Morgan fingerprint density at radius 1 is 1.06 bits per heavy atom. The van der Waals surface area contributed by atoms with E-state index in [1.807, 2.05) is 45.0 Å². The minimum atomic E-state index is -0.265. The summed E-state index contributed by atoms with van der Waals surface area (Å²) in [6, 6.07) is 12.8. The quantitative estimate of drug-likeness (QED) is 0.375. The Balaban J connectivity index is 1.63. The zero-order chi connectivity index (χ0) is 22.9. The van der Waals surface area contributed by atoms with Crippen LogP contribution in [0.1, 0.15) is 35.3 Å². The Kier molecular flexibility index (Phi) is 7.80. The Labute approximate surface area is 187 Å². The zero-order valence-electron chi connectivity index (χ0n) is 18.5. The number of hydrogen-bond acceptors (Lipinski definition) is 5. The van der Waals surface area contributed by atoms with E-state index >= 15 is 0 Å². The maximum Gasteiger partial charge on any atom is 0.262 e. The van der Waals surface area contributed by atoms with Crippen molar-refractivity contribution in [2.45, 2.75) is 27.3 Å². The lowest BCUT2D eigenvalue weighted by Gasteiger charge is -2.13. The molecule has 0 saturated heterocycles. The molecule has 7 nitrogen and oxygen atoms in total. The third kappa shape index (κ3) is 6.31. The van der Waals surface area contributed by atoms with Crippen molar-refractivity contribution in [2.75, 3.05) is 18.5 Å². The summed E-state index contributed by atoms with van der Waals surface area (Å²) >= 11 is 0. The summed E-state index contributed by atoms with van der Waals surface area (Å²) in [4.78, 5) is 24.5. The van der Waals surface area contributed by atoms with Crippen LogP contribution >= 0.6 is 0 Å². The molecule has 1 N–H and O–H groups in total. The van der Waals surface area contributed by atoms with Crippen molar-refractivity contribution in [3.05, 3.63) is 77.6 Å². The molecule has 1 amide bonds. The van der Waals surface area contributed by atoms with Gasteiger partial charge in [-0.15, -0.1) is 0 Å². The van der Waals surface area contributed by atoms with Gasteiger partial charge in [-0.2, -0.15) is 5.10 Å². The molecule has 0 atom stereocenters. The van der Waals surface area contributed by atoms with Gasteiger partial charge in [-0.05, 0) is 56.7 Å². The van der Waals surface area contributed by atoms with E-state index in [0.717, 1.165) is 11.1 Å². The fraction of sp³-hybridized carbons (Fsp3) is 0.240. The van der Waals surface area contributed by atoms with Gasteiger partial charge in [-0.3, -0.25) is 14.3 Å². The number of rotatable bonds is 10. The minimum absolute atomic E-state index is 0.129. The number of aryl methyl sites for hydroxylation is 2. The molecule has 0 unspecified atom stereocenters. The van der Waals surface area contributed by atoms with E-state index in [4.69, 9.17) is 9.47 Å². The van der Waals surface area contributed by atoms with Crippen LogP contribution in [0.4, 0.5) is 5.69 Å². The van der Waals surface area contributed by atoms with Crippen LogP contribution in [0.3, 0.4) is 0 Å². The first-order valence-electron chi connectivity index (χ1n) is 10.5. The lowest BCUT2D eigenvalue weighted by Crippen LogP contribution is -2.20. The smallest absolute Gasteiger partial charge is 0.262 e. The number of hydrogen-bond donors (Lipinski definition) is 1. The SMILES string of the molecule is CCOc1cc(/C=C/C(=O)c2cnn(CC)c2)ccc1OCC(=O)Nc1ccc(C)cc1. The first-order valence-corrected chi connectivity index (χ1v) is 10.5. The number of benzene rings is 2. The Morgan fingerprint density at radius 2 is 1.84 bits per heavy atom. The summed E-state index contributed by atoms with van der Waals surface area (Å²) in [5.41, 5.74) is 3.14. The van der Waals surface area contributed by atoms with Gasteiger partial charge in [0, 0.05) is 18.4 Å². The average Bonchev–Trinajstić information content (AvgIpc) is 3.28. The number of ether oxygens (including phenoxy) is 2. The molecule has 0 radical (unpaired) electrons. The molecular weight excluding hydrogens is 406 g/mol. The second-order valence-electron chi connectivity index (χ2n) is 7.12. The predicted octanol–water partition coefficient (Wildman–Crippen LogP) is 4.52. The molecule has 1 aromatic heterocycles. The topological polar surface area (TPSA) is 82.4 Å². The van der Waals surface area contributed by atoms with Crippen molar-refractivity contribution in [1.82, 2.24) is 9.78 Å². The molecule has 3 rings (SSSR count). The summed E-state index contributed by atoms with van der Waals surface area (Å²) in [6.07, 6.45) is 6.48. The summed E-state index contributed by atoms with van der Waals surface area (Å²) in [6.45, 7) is 6.81. The fourth-order valence-electron chi connectivity index (χ4n) is 2.93. The summed E-state index contributed by atoms with van der Waals surface area (Å²) in [7, 11) is 0. The third-order valence-electron chi connectivity index (χ3n) is 4.63. The maximum absolute atomic E-state index is 12.3. The monoisotopic (exact) mass is 433 g/mol. The van der Waals surface area contributed by atoms with Gasteiger partial charge in [0.15, 0.2) is 23.9 Å². The van der Waals surface area contributed by atoms with E-state index < -0.39 is 0 Å². The summed E-state index contributed by atoms with van der Waals surface area (Å²) in [5.74, 6) is 0.567. The van der Waals surface area contributed by atoms with Crippen molar-refractivity contribution in [1.29, 1.82) is 0 Å². The highest BCUT2D eigenvalue weighted by atomic mass is 16.5. The molecule has 0 aliphatic heterocycles. The van der Waals surface area contributed by atoms with E-state index in [2.05, 4.69) is 10.4 Å². The van der Waals surface area contributed by atoms with Gasteiger partial charge in [0.05, 0.1) is 18.4 Å². The molecule has 166 valence electrons. The molecule has 1 heterocycles. The molecule has 0 aliphatic carbocycles. The normalized spacial score (nSPS) is 10.8. The molecular formula is C25H27N3O4. The van der Waals surface area contributed by atoms with Gasteiger partial charge in [0.1, 0.15) is 0 Å². The van der Waals surface area contributed by atoms with E-state index in [1.165, 1.54) is 6.08 Å². The number of allylic oxidation sites excluding steroid dienone is 1. The summed E-state index contributed by atoms with van der Waals surface area (Å²) < 4.78 is 13.0. The molecule has 32 heavy (non-hydrogen) atoms. The molecule has 0 aliphatic rings. The minimum Gasteiger partial charge on any atom is -0.490 e. The number of carbonyl (C=O) groups is 2. The van der Waals surface area contributed by atoms with Crippen molar-refractivity contribution in [2.24, 2.45) is 0 Å². The number of nitrogens with zero attached hydrogens (tertiary/aromatic N) is 2. The molecule has 0 fully saturated rings. The fourth-order valence-corrected chi connectivity index (χ4v) is 2.93. The third-order valence-corrected chi connectivity index (χ3v) is 4.63. The van der Waals surface area contributed by atoms with Crippen LogP contribution in [0.5, 0.6) is 11.5 Å². The molecule has 0 saturated carbocycles. The largest absolute Gasteiger partial charge is 0.490 e. The number of aromatic nitrogens is 2. The van der Waals surface area contributed by atoms with Crippen LogP contribution in [0.25, 0.3) is 6.08 Å². The molecule has 7 heteroatoms. The lowest BCUT2D eigenvalue weighted by molar-refractivity contribution is -0.118. The van der Waals surface area contributed by atoms with Crippen LogP contribution in [0.2, 0.25) is 0 Å².